The summed E-state index contributed by atoms with van der Waals surface area (Å²) in [5.41, 5.74) is 6.88. The monoisotopic (exact) mass is 311 g/mol. The average Bonchev–Trinajstić information content (AvgIpc) is 2.80. The summed E-state index contributed by atoms with van der Waals surface area (Å²) in [4.78, 5) is 13.6. The Balaban J connectivity index is 2.20. The molecule has 1 fully saturated rings. The third-order valence-corrected chi connectivity index (χ3v) is 3.97. The topological polar surface area (TPSA) is 58.4 Å². The fourth-order valence-electron chi connectivity index (χ4n) is 2.42. The Kier molecular flexibility index (Phi) is 4.24. The maximum Gasteiger partial charge on any atom is 0.251 e. The maximum atomic E-state index is 11.5. The van der Waals surface area contributed by atoms with E-state index < -0.39 is 5.91 Å². The van der Waals surface area contributed by atoms with E-state index in [4.69, 9.17) is 5.73 Å². The van der Waals surface area contributed by atoms with Gasteiger partial charge in [0.15, 0.2) is 0 Å². The minimum Gasteiger partial charge on any atom is -0.372 e. The largest absolute Gasteiger partial charge is 0.372 e. The zero-order chi connectivity index (χ0) is 13.1. The number of amides is 1. The molecule has 1 atom stereocenters. The van der Waals surface area contributed by atoms with Crippen LogP contribution in [-0.2, 0) is 0 Å². The zero-order valence-electron chi connectivity index (χ0n) is 10.4. The molecule has 1 unspecified atom stereocenters. The first-order valence-corrected chi connectivity index (χ1v) is 6.91. The van der Waals surface area contributed by atoms with Gasteiger partial charge in [-0.25, -0.2) is 0 Å². The number of anilines is 1. The molecule has 0 aliphatic carbocycles. The molecule has 1 saturated heterocycles. The van der Waals surface area contributed by atoms with Gasteiger partial charge in [-0.15, -0.1) is 0 Å². The average molecular weight is 312 g/mol. The predicted octanol–water partition coefficient (Wildman–Crippen LogP) is 1.74. The molecule has 0 bridgehead atoms. The van der Waals surface area contributed by atoms with Gasteiger partial charge < -0.3 is 16.0 Å². The van der Waals surface area contributed by atoms with Crippen LogP contribution >= 0.6 is 15.9 Å². The van der Waals surface area contributed by atoms with Crippen molar-refractivity contribution in [3.05, 3.63) is 28.2 Å². The van der Waals surface area contributed by atoms with Crippen LogP contribution in [0.2, 0.25) is 0 Å². The summed E-state index contributed by atoms with van der Waals surface area (Å²) >= 11 is 3.39. The van der Waals surface area contributed by atoms with Gasteiger partial charge in [0.25, 0.3) is 5.91 Å². The molecule has 0 radical (unpaired) electrons. The van der Waals surface area contributed by atoms with Gasteiger partial charge in [0.2, 0.25) is 0 Å². The molecule has 1 heterocycles. The molecule has 18 heavy (non-hydrogen) atoms. The van der Waals surface area contributed by atoms with Gasteiger partial charge in [0.1, 0.15) is 0 Å². The van der Waals surface area contributed by atoms with Crippen LogP contribution in [0.25, 0.3) is 0 Å². The van der Waals surface area contributed by atoms with E-state index in [2.05, 4.69) is 26.1 Å². The Labute approximate surface area is 116 Å². The molecule has 1 aliphatic heterocycles. The molecule has 1 aromatic rings. The molecule has 0 saturated carbocycles. The highest BCUT2D eigenvalue weighted by atomic mass is 79.9. The summed E-state index contributed by atoms with van der Waals surface area (Å²) in [5.74, 6) is -0.399. The van der Waals surface area contributed by atoms with Crippen LogP contribution < -0.4 is 16.0 Å². The quantitative estimate of drug-likeness (QED) is 0.890. The fraction of sp³-hybridized carbons (Fsp3) is 0.462. The summed E-state index contributed by atoms with van der Waals surface area (Å²) in [5, 5.41) is 3.45. The second-order valence-corrected chi connectivity index (χ2v) is 5.53. The van der Waals surface area contributed by atoms with Crippen molar-refractivity contribution >= 4 is 27.5 Å². The van der Waals surface area contributed by atoms with Crippen LogP contribution in [0.3, 0.4) is 0 Å². The minimum atomic E-state index is -0.399. The predicted molar refractivity (Wildman–Crippen MR) is 77.0 cm³/mol. The Morgan fingerprint density at radius 3 is 3.00 bits per heavy atom. The van der Waals surface area contributed by atoms with Crippen molar-refractivity contribution in [2.45, 2.75) is 18.9 Å². The van der Waals surface area contributed by atoms with Gasteiger partial charge in [0.05, 0.1) is 11.3 Å². The van der Waals surface area contributed by atoms with Crippen LogP contribution in [0.1, 0.15) is 23.2 Å². The Hall–Kier alpha value is -1.07. The third-order valence-electron chi connectivity index (χ3n) is 3.31. The van der Waals surface area contributed by atoms with E-state index in [1.165, 1.54) is 12.8 Å². The Bertz CT molecular complexity index is 444. The van der Waals surface area contributed by atoms with Gasteiger partial charge in [-0.2, -0.15) is 0 Å². The number of carbonyl (C=O) groups is 1. The lowest BCUT2D eigenvalue weighted by Gasteiger charge is -2.25. The second-order valence-electron chi connectivity index (χ2n) is 4.67. The zero-order valence-corrected chi connectivity index (χ0v) is 12.0. The van der Waals surface area contributed by atoms with E-state index >= 15 is 0 Å². The van der Waals surface area contributed by atoms with E-state index in [-0.39, 0.29) is 0 Å². The van der Waals surface area contributed by atoms with E-state index in [1.807, 2.05) is 25.2 Å². The number of nitrogens with one attached hydrogen (secondary N) is 1. The number of hydrogen-bond donors (Lipinski definition) is 2. The molecule has 5 heteroatoms. The molecule has 4 nitrogen and oxygen atoms in total. The van der Waals surface area contributed by atoms with Gasteiger partial charge in [-0.3, -0.25) is 4.79 Å². The summed E-state index contributed by atoms with van der Waals surface area (Å²) in [6.45, 7) is 1.97. The maximum absolute atomic E-state index is 11.5. The van der Waals surface area contributed by atoms with Gasteiger partial charge in [-0.1, -0.05) is 6.07 Å². The van der Waals surface area contributed by atoms with Gasteiger partial charge in [-0.05, 0) is 47.4 Å². The number of primary amides is 1. The van der Waals surface area contributed by atoms with Crippen LogP contribution in [0.5, 0.6) is 0 Å². The molecule has 2 rings (SSSR count). The molecular formula is C13H18BrN3O. The number of nitrogens with two attached hydrogens (primary N) is 1. The number of benzene rings is 1. The molecule has 1 aliphatic rings. The second kappa shape index (κ2) is 5.71. The molecule has 0 aromatic heterocycles. The summed E-state index contributed by atoms with van der Waals surface area (Å²) in [6, 6.07) is 6.19. The molecule has 0 spiro atoms. The highest BCUT2D eigenvalue weighted by Gasteiger charge is 2.20. The lowest BCUT2D eigenvalue weighted by atomic mass is 10.1. The molecule has 1 aromatic carbocycles. The van der Waals surface area contributed by atoms with Crippen molar-refractivity contribution in [2.75, 3.05) is 25.0 Å². The summed E-state index contributed by atoms with van der Waals surface area (Å²) in [6.07, 6.45) is 2.41. The lowest BCUT2D eigenvalue weighted by Crippen LogP contribution is -2.36. The number of nitrogens with zero attached hydrogens (tertiary/aromatic N) is 1. The molecule has 98 valence electrons. The highest BCUT2D eigenvalue weighted by molar-refractivity contribution is 9.10. The van der Waals surface area contributed by atoms with Crippen molar-refractivity contribution in [1.82, 2.24) is 5.32 Å². The number of rotatable bonds is 4. The van der Waals surface area contributed by atoms with Crippen molar-refractivity contribution in [1.29, 1.82) is 0 Å². The normalized spacial score (nSPS) is 18.9. The van der Waals surface area contributed by atoms with Crippen LogP contribution in [-0.4, -0.2) is 32.1 Å². The number of hydrogen-bond acceptors (Lipinski definition) is 3. The van der Waals surface area contributed by atoms with Crippen molar-refractivity contribution < 1.29 is 4.79 Å². The Morgan fingerprint density at radius 1 is 1.61 bits per heavy atom. The standard InChI is InChI=1S/C13H18BrN3O/c1-17(8-9-4-3-7-16-9)11-6-2-5-10(14)12(11)13(15)18/h2,5-6,9,16H,3-4,7-8H2,1H3,(H2,15,18). The van der Waals surface area contributed by atoms with E-state index in [0.717, 1.165) is 23.2 Å². The first-order valence-electron chi connectivity index (χ1n) is 6.12. The van der Waals surface area contributed by atoms with Crippen molar-refractivity contribution in [3.8, 4) is 0 Å². The van der Waals surface area contributed by atoms with Gasteiger partial charge >= 0.3 is 0 Å². The first kappa shape index (κ1) is 13.4. The number of carbonyl (C=O) groups excluding carboxylic acids is 1. The fourth-order valence-corrected chi connectivity index (χ4v) is 2.97. The molecular weight excluding hydrogens is 294 g/mol. The first-order chi connectivity index (χ1) is 8.59. The Morgan fingerprint density at radius 2 is 2.39 bits per heavy atom. The SMILES string of the molecule is CN(CC1CCCN1)c1cccc(Br)c1C(N)=O. The number of halogens is 1. The minimum absolute atomic E-state index is 0.399. The van der Waals surface area contributed by atoms with Crippen LogP contribution in [0.4, 0.5) is 5.69 Å². The molecule has 3 N–H and O–H groups in total. The molecule has 1 amide bonds. The van der Waals surface area contributed by atoms with Crippen molar-refractivity contribution in [2.24, 2.45) is 5.73 Å². The highest BCUT2D eigenvalue weighted by Crippen LogP contribution is 2.27. The van der Waals surface area contributed by atoms with E-state index in [9.17, 15) is 4.79 Å². The van der Waals surface area contributed by atoms with Crippen LogP contribution in [0, 0.1) is 0 Å². The van der Waals surface area contributed by atoms with Gasteiger partial charge in [0, 0.05) is 24.1 Å². The third kappa shape index (κ3) is 2.84. The smallest absolute Gasteiger partial charge is 0.251 e. The van der Waals surface area contributed by atoms with Crippen molar-refractivity contribution in [3.63, 3.8) is 0 Å². The lowest BCUT2D eigenvalue weighted by molar-refractivity contribution is 0.1000. The number of likely N-dealkylation sites (N-methyl/N-ethyl adjacent to an activating group) is 1. The van der Waals surface area contributed by atoms with E-state index in [0.29, 0.717) is 11.6 Å². The van der Waals surface area contributed by atoms with Crippen LogP contribution in [0.15, 0.2) is 22.7 Å². The van der Waals surface area contributed by atoms with E-state index in [1.54, 1.807) is 0 Å². The summed E-state index contributed by atoms with van der Waals surface area (Å²) in [7, 11) is 1.99. The summed E-state index contributed by atoms with van der Waals surface area (Å²) < 4.78 is 0.749.